The molecule has 0 aromatic heterocycles. The van der Waals surface area contributed by atoms with Crippen LogP contribution in [-0.2, 0) is 14.3 Å². The zero-order valence-electron chi connectivity index (χ0n) is 11.4. The zero-order valence-corrected chi connectivity index (χ0v) is 11.4. The first-order valence-electron chi connectivity index (χ1n) is 6.89. The number of carbonyl (C=O) groups is 2. The molecule has 1 aliphatic carbocycles. The zero-order chi connectivity index (χ0) is 14.7. The van der Waals surface area contributed by atoms with Gasteiger partial charge in [-0.2, -0.15) is 0 Å². The lowest BCUT2D eigenvalue weighted by Crippen LogP contribution is -2.25. The van der Waals surface area contributed by atoms with Gasteiger partial charge in [0.2, 0.25) is 5.76 Å². The average molecular weight is 288 g/mol. The van der Waals surface area contributed by atoms with Crippen molar-refractivity contribution in [2.75, 3.05) is 18.5 Å². The topological polar surface area (TPSA) is 76.7 Å². The minimum Gasteiger partial charge on any atom is -0.494 e. The molecule has 2 amide bonds. The van der Waals surface area contributed by atoms with Gasteiger partial charge in [0.05, 0.1) is 0 Å². The third-order valence-corrected chi connectivity index (χ3v) is 3.17. The summed E-state index contributed by atoms with van der Waals surface area (Å²) in [5.41, 5.74) is 1.06. The summed E-state index contributed by atoms with van der Waals surface area (Å²) in [7, 11) is 0. The van der Waals surface area contributed by atoms with E-state index in [0.29, 0.717) is 30.5 Å². The van der Waals surface area contributed by atoms with Crippen molar-refractivity contribution in [3.05, 3.63) is 41.9 Å². The van der Waals surface area contributed by atoms with Crippen LogP contribution in [0.2, 0.25) is 0 Å². The predicted molar refractivity (Wildman–Crippen MR) is 75.5 cm³/mol. The summed E-state index contributed by atoms with van der Waals surface area (Å²) in [6, 6.07) is 7.10. The molecule has 1 heterocycles. The van der Waals surface area contributed by atoms with Crippen LogP contribution in [-0.4, -0.2) is 31.1 Å². The van der Waals surface area contributed by atoms with E-state index in [1.54, 1.807) is 24.3 Å². The van der Waals surface area contributed by atoms with Crippen LogP contribution < -0.4 is 10.6 Å². The Labute approximate surface area is 122 Å². The fraction of sp³-hybridized carbons (Fsp3) is 0.333. The molecule has 1 aliphatic heterocycles. The highest BCUT2D eigenvalue weighted by molar-refractivity contribution is 6.03. The molecule has 2 aliphatic rings. The van der Waals surface area contributed by atoms with E-state index in [-0.39, 0.29) is 11.7 Å². The molecule has 1 saturated carbocycles. The van der Waals surface area contributed by atoms with E-state index >= 15 is 0 Å². The third kappa shape index (κ3) is 3.53. The van der Waals surface area contributed by atoms with Gasteiger partial charge in [-0.3, -0.25) is 9.59 Å². The molecule has 6 heteroatoms. The molecule has 0 spiro atoms. The summed E-state index contributed by atoms with van der Waals surface area (Å²) in [5, 5.41) is 5.59. The number of carbonyl (C=O) groups excluding carboxylic acids is 2. The van der Waals surface area contributed by atoms with Crippen LogP contribution in [0, 0.1) is 0 Å². The molecule has 110 valence electrons. The van der Waals surface area contributed by atoms with Gasteiger partial charge in [0.25, 0.3) is 11.8 Å². The summed E-state index contributed by atoms with van der Waals surface area (Å²) in [5.74, 6) is -0.381. The van der Waals surface area contributed by atoms with Crippen molar-refractivity contribution in [1.82, 2.24) is 5.32 Å². The molecule has 0 radical (unpaired) electrons. The second-order valence-electron chi connectivity index (χ2n) is 4.98. The minimum absolute atomic E-state index is 0.120. The van der Waals surface area contributed by atoms with Crippen LogP contribution in [0.5, 0.6) is 0 Å². The second-order valence-corrected chi connectivity index (χ2v) is 4.98. The van der Waals surface area contributed by atoms with E-state index < -0.39 is 5.91 Å². The summed E-state index contributed by atoms with van der Waals surface area (Å²) in [6.45, 7) is 0.788. The number of ether oxygens (including phenoxy) is 2. The SMILES string of the molecule is O=C(Nc1cccc(C(=O)NC2CC2)c1)C1=COCCO1. The van der Waals surface area contributed by atoms with Crippen molar-refractivity contribution in [1.29, 1.82) is 0 Å². The van der Waals surface area contributed by atoms with Gasteiger partial charge >= 0.3 is 0 Å². The van der Waals surface area contributed by atoms with Gasteiger partial charge in [0.1, 0.15) is 19.5 Å². The monoisotopic (exact) mass is 288 g/mol. The largest absolute Gasteiger partial charge is 0.494 e. The second kappa shape index (κ2) is 5.87. The van der Waals surface area contributed by atoms with Gasteiger partial charge in [0, 0.05) is 17.3 Å². The highest BCUT2D eigenvalue weighted by Gasteiger charge is 2.24. The summed E-state index contributed by atoms with van der Waals surface area (Å²) in [4.78, 5) is 23.9. The Kier molecular flexibility index (Phi) is 3.77. The van der Waals surface area contributed by atoms with E-state index in [2.05, 4.69) is 10.6 Å². The van der Waals surface area contributed by atoms with Crippen LogP contribution in [0.25, 0.3) is 0 Å². The Morgan fingerprint density at radius 3 is 2.71 bits per heavy atom. The van der Waals surface area contributed by atoms with E-state index in [1.165, 1.54) is 6.26 Å². The molecule has 1 fully saturated rings. The van der Waals surface area contributed by atoms with Crippen LogP contribution in [0.4, 0.5) is 5.69 Å². The van der Waals surface area contributed by atoms with Crippen molar-refractivity contribution in [2.45, 2.75) is 18.9 Å². The van der Waals surface area contributed by atoms with Crippen LogP contribution in [0.15, 0.2) is 36.3 Å². The molecule has 6 nitrogen and oxygen atoms in total. The van der Waals surface area contributed by atoms with Crippen LogP contribution in [0.1, 0.15) is 23.2 Å². The van der Waals surface area contributed by atoms with Gasteiger partial charge in [0.15, 0.2) is 0 Å². The van der Waals surface area contributed by atoms with Gasteiger partial charge in [-0.25, -0.2) is 0 Å². The number of amides is 2. The van der Waals surface area contributed by atoms with Gasteiger partial charge in [-0.05, 0) is 31.0 Å². The Hall–Kier alpha value is -2.50. The number of hydrogen-bond donors (Lipinski definition) is 2. The van der Waals surface area contributed by atoms with E-state index in [0.717, 1.165) is 12.8 Å². The fourth-order valence-electron chi connectivity index (χ4n) is 1.91. The number of hydrogen-bond acceptors (Lipinski definition) is 4. The van der Waals surface area contributed by atoms with Crippen LogP contribution in [0.3, 0.4) is 0 Å². The maximum atomic E-state index is 12.0. The smallest absolute Gasteiger partial charge is 0.294 e. The molecule has 3 rings (SSSR count). The number of anilines is 1. The molecule has 0 atom stereocenters. The van der Waals surface area contributed by atoms with Gasteiger partial charge < -0.3 is 20.1 Å². The van der Waals surface area contributed by atoms with E-state index in [1.807, 2.05) is 0 Å². The molecule has 0 unspecified atom stereocenters. The lowest BCUT2D eigenvalue weighted by molar-refractivity contribution is -0.117. The van der Waals surface area contributed by atoms with Crippen LogP contribution >= 0.6 is 0 Å². The molecular weight excluding hydrogens is 272 g/mol. The summed E-state index contributed by atoms with van der Waals surface area (Å²) < 4.78 is 10.2. The van der Waals surface area contributed by atoms with Crippen molar-refractivity contribution in [3.8, 4) is 0 Å². The number of benzene rings is 1. The molecular formula is C15H16N2O4. The van der Waals surface area contributed by atoms with Crippen molar-refractivity contribution >= 4 is 17.5 Å². The Morgan fingerprint density at radius 2 is 2.00 bits per heavy atom. The lowest BCUT2D eigenvalue weighted by Gasteiger charge is -2.15. The maximum absolute atomic E-state index is 12.0. The highest BCUT2D eigenvalue weighted by Crippen LogP contribution is 2.20. The maximum Gasteiger partial charge on any atom is 0.294 e. The van der Waals surface area contributed by atoms with E-state index in [9.17, 15) is 9.59 Å². The predicted octanol–water partition coefficient (Wildman–Crippen LogP) is 1.41. The molecule has 0 saturated heterocycles. The first kappa shape index (κ1) is 13.5. The van der Waals surface area contributed by atoms with E-state index in [4.69, 9.17) is 9.47 Å². The Balaban J connectivity index is 1.66. The average Bonchev–Trinajstić information content (AvgIpc) is 3.32. The molecule has 2 N–H and O–H groups in total. The highest BCUT2D eigenvalue weighted by atomic mass is 16.6. The normalized spacial score (nSPS) is 17.0. The first-order chi connectivity index (χ1) is 10.2. The van der Waals surface area contributed by atoms with Gasteiger partial charge in [-0.1, -0.05) is 6.07 Å². The minimum atomic E-state index is -0.394. The lowest BCUT2D eigenvalue weighted by atomic mass is 10.2. The molecule has 21 heavy (non-hydrogen) atoms. The number of rotatable bonds is 4. The quantitative estimate of drug-likeness (QED) is 0.878. The van der Waals surface area contributed by atoms with Crippen molar-refractivity contribution in [2.24, 2.45) is 0 Å². The van der Waals surface area contributed by atoms with Gasteiger partial charge in [-0.15, -0.1) is 0 Å². The Bertz CT molecular complexity index is 593. The van der Waals surface area contributed by atoms with Crippen molar-refractivity contribution < 1.29 is 19.1 Å². The third-order valence-electron chi connectivity index (χ3n) is 3.17. The fourth-order valence-corrected chi connectivity index (χ4v) is 1.91. The standard InChI is InChI=1S/C15H16N2O4/c18-14(16-11-4-5-11)10-2-1-3-12(8-10)17-15(19)13-9-20-6-7-21-13/h1-3,8-9,11H,4-7H2,(H,16,18)(H,17,19). The summed E-state index contributed by atoms with van der Waals surface area (Å²) in [6.07, 6.45) is 3.36. The molecule has 1 aromatic carbocycles. The summed E-state index contributed by atoms with van der Waals surface area (Å²) >= 11 is 0. The van der Waals surface area contributed by atoms with Crippen molar-refractivity contribution in [3.63, 3.8) is 0 Å². The molecule has 0 bridgehead atoms. The Morgan fingerprint density at radius 1 is 1.14 bits per heavy atom. The first-order valence-corrected chi connectivity index (χ1v) is 6.89. The molecule has 1 aromatic rings. The number of nitrogens with one attached hydrogen (secondary N) is 2.